The lowest BCUT2D eigenvalue weighted by Crippen LogP contribution is -2.30. The average Bonchev–Trinajstić information content (AvgIpc) is 3.30. The zero-order valence-corrected chi connectivity index (χ0v) is 43.6. The van der Waals surface area contributed by atoms with Gasteiger partial charge in [-0.05, 0) is 70.6 Å². The maximum absolute atomic E-state index is 12.8. The van der Waals surface area contributed by atoms with Crippen molar-refractivity contribution in [1.82, 2.24) is 0 Å². The van der Waals surface area contributed by atoms with E-state index < -0.39 is 6.10 Å². The summed E-state index contributed by atoms with van der Waals surface area (Å²) in [5.74, 6) is -0.387. The van der Waals surface area contributed by atoms with Crippen molar-refractivity contribution >= 4 is 11.9 Å². The van der Waals surface area contributed by atoms with E-state index in [0.717, 1.165) is 44.9 Å². The first-order valence-corrected chi connectivity index (χ1v) is 28.9. The van der Waals surface area contributed by atoms with Gasteiger partial charge in [0.1, 0.15) is 6.61 Å². The van der Waals surface area contributed by atoms with Gasteiger partial charge in [-0.2, -0.15) is 0 Å². The second-order valence-electron chi connectivity index (χ2n) is 19.5. The van der Waals surface area contributed by atoms with E-state index in [1.807, 2.05) is 0 Å². The van der Waals surface area contributed by atoms with Crippen molar-refractivity contribution in [1.29, 1.82) is 0 Å². The van der Waals surface area contributed by atoms with Gasteiger partial charge in [0.15, 0.2) is 6.10 Å². The van der Waals surface area contributed by atoms with Gasteiger partial charge >= 0.3 is 11.9 Å². The van der Waals surface area contributed by atoms with Crippen molar-refractivity contribution in [2.75, 3.05) is 19.8 Å². The van der Waals surface area contributed by atoms with Crippen LogP contribution in [0.3, 0.4) is 0 Å². The number of carbonyl (C=O) groups is 2. The number of esters is 2. The number of hydrogen-bond acceptors (Lipinski definition) is 5. The van der Waals surface area contributed by atoms with Crippen LogP contribution in [0.1, 0.15) is 316 Å². The summed E-state index contributed by atoms with van der Waals surface area (Å²) in [7, 11) is 0. The maximum Gasteiger partial charge on any atom is 0.306 e. The molecule has 5 heteroatoms. The minimum Gasteiger partial charge on any atom is -0.462 e. The molecule has 0 fully saturated rings. The molecule has 0 aliphatic carbocycles. The average molecular weight is 902 g/mol. The second-order valence-corrected chi connectivity index (χ2v) is 19.5. The quantitative estimate of drug-likeness (QED) is 0.0346. The number of allylic oxidation sites excluding steroid dienone is 4. The van der Waals surface area contributed by atoms with Crippen LogP contribution in [-0.4, -0.2) is 37.9 Å². The number of carbonyl (C=O) groups excluding carboxylic acids is 2. The first kappa shape index (κ1) is 62.4. The smallest absolute Gasteiger partial charge is 0.306 e. The third-order valence-electron chi connectivity index (χ3n) is 13.0. The Balaban J connectivity index is 4.19. The zero-order valence-electron chi connectivity index (χ0n) is 43.6. The van der Waals surface area contributed by atoms with Crippen LogP contribution in [0.5, 0.6) is 0 Å². The van der Waals surface area contributed by atoms with E-state index in [0.29, 0.717) is 26.1 Å². The van der Waals surface area contributed by atoms with Gasteiger partial charge in [-0.15, -0.1) is 0 Å². The van der Waals surface area contributed by atoms with Crippen LogP contribution in [0, 0.1) is 0 Å². The maximum atomic E-state index is 12.8. The molecular weight excluding hydrogens is 789 g/mol. The molecule has 0 saturated heterocycles. The lowest BCUT2D eigenvalue weighted by molar-refractivity contribution is -0.163. The Morgan fingerprint density at radius 1 is 0.328 bits per heavy atom. The Morgan fingerprint density at radius 3 is 0.969 bits per heavy atom. The van der Waals surface area contributed by atoms with E-state index in [1.54, 1.807) is 0 Å². The van der Waals surface area contributed by atoms with Crippen molar-refractivity contribution in [2.24, 2.45) is 0 Å². The van der Waals surface area contributed by atoms with E-state index in [-0.39, 0.29) is 18.5 Å². The van der Waals surface area contributed by atoms with E-state index in [2.05, 4.69) is 45.1 Å². The molecule has 64 heavy (non-hydrogen) atoms. The molecule has 1 unspecified atom stereocenters. The fourth-order valence-corrected chi connectivity index (χ4v) is 8.62. The largest absolute Gasteiger partial charge is 0.462 e. The minimum atomic E-state index is -0.535. The predicted octanol–water partition coefficient (Wildman–Crippen LogP) is 19.6. The van der Waals surface area contributed by atoms with Gasteiger partial charge in [0.05, 0.1) is 6.61 Å². The molecule has 0 aliphatic heterocycles. The molecule has 0 aromatic heterocycles. The van der Waals surface area contributed by atoms with Gasteiger partial charge in [0.25, 0.3) is 0 Å². The van der Waals surface area contributed by atoms with Crippen LogP contribution in [0.4, 0.5) is 0 Å². The molecule has 5 nitrogen and oxygen atoms in total. The lowest BCUT2D eigenvalue weighted by Gasteiger charge is -2.18. The van der Waals surface area contributed by atoms with Gasteiger partial charge in [-0.3, -0.25) is 9.59 Å². The highest BCUT2D eigenvalue weighted by molar-refractivity contribution is 5.70. The van der Waals surface area contributed by atoms with Gasteiger partial charge in [0.2, 0.25) is 0 Å². The lowest BCUT2D eigenvalue weighted by atomic mass is 10.0. The number of hydrogen-bond donors (Lipinski definition) is 0. The summed E-state index contributed by atoms with van der Waals surface area (Å²) >= 11 is 0. The number of rotatable bonds is 54. The molecule has 0 bridgehead atoms. The monoisotopic (exact) mass is 901 g/mol. The Labute approximate surface area is 400 Å². The summed E-state index contributed by atoms with van der Waals surface area (Å²) < 4.78 is 17.5. The van der Waals surface area contributed by atoms with Crippen molar-refractivity contribution in [3.63, 3.8) is 0 Å². The second kappa shape index (κ2) is 55.7. The van der Waals surface area contributed by atoms with Crippen molar-refractivity contribution < 1.29 is 23.8 Å². The van der Waals surface area contributed by atoms with Crippen LogP contribution < -0.4 is 0 Å². The first-order chi connectivity index (χ1) is 31.6. The van der Waals surface area contributed by atoms with Crippen LogP contribution in [0.15, 0.2) is 24.3 Å². The van der Waals surface area contributed by atoms with Crippen molar-refractivity contribution in [3.05, 3.63) is 24.3 Å². The Morgan fingerprint density at radius 2 is 0.609 bits per heavy atom. The summed E-state index contributed by atoms with van der Waals surface area (Å²) in [6.45, 7) is 7.86. The van der Waals surface area contributed by atoms with Gasteiger partial charge < -0.3 is 14.2 Å². The van der Waals surface area contributed by atoms with Gasteiger partial charge in [-0.1, -0.05) is 257 Å². The van der Waals surface area contributed by atoms with Gasteiger partial charge in [0, 0.05) is 19.4 Å². The molecule has 0 aromatic rings. The fraction of sp³-hybridized carbons (Fsp3) is 0.898. The summed E-state index contributed by atoms with van der Waals surface area (Å²) in [5.41, 5.74) is 0. The summed E-state index contributed by atoms with van der Waals surface area (Å²) in [5, 5.41) is 0. The molecule has 0 N–H and O–H groups in total. The molecular formula is C59H112O5. The molecule has 1 atom stereocenters. The highest BCUT2D eigenvalue weighted by Gasteiger charge is 2.17. The standard InChI is InChI=1S/C59H112O5/c1-4-7-10-13-16-19-22-25-27-28-29-30-31-33-36-39-42-45-48-51-54-62-55-57(64-59(61)53-50-47-44-41-38-34-24-21-18-15-12-9-6-3)56-63-58(60)52-49-46-43-40-37-35-32-26-23-20-17-14-11-8-5-2/h21,24-25,27,57H,4-20,22-23,26,28-56H2,1-3H3/b24-21-,27-25-. The fourth-order valence-electron chi connectivity index (χ4n) is 8.62. The zero-order chi connectivity index (χ0) is 46.3. The van der Waals surface area contributed by atoms with Crippen LogP contribution in [-0.2, 0) is 23.8 Å². The van der Waals surface area contributed by atoms with E-state index >= 15 is 0 Å². The van der Waals surface area contributed by atoms with Gasteiger partial charge in [-0.25, -0.2) is 0 Å². The SMILES string of the molecule is CCCCCC/C=C\CCCCCCCC(=O)OC(COCCCCCCCCCCCC/C=C\CCCCCCCC)COC(=O)CCCCCCCCCCCCCCCCC. The van der Waals surface area contributed by atoms with Crippen LogP contribution in [0.2, 0.25) is 0 Å². The molecule has 0 radical (unpaired) electrons. The third kappa shape index (κ3) is 53.0. The van der Waals surface area contributed by atoms with Crippen LogP contribution >= 0.6 is 0 Å². The topological polar surface area (TPSA) is 61.8 Å². The van der Waals surface area contributed by atoms with E-state index in [1.165, 1.54) is 238 Å². The molecule has 0 spiro atoms. The molecule has 0 amide bonds. The summed E-state index contributed by atoms with van der Waals surface area (Å²) in [6.07, 6.45) is 66.3. The predicted molar refractivity (Wildman–Crippen MR) is 279 cm³/mol. The van der Waals surface area contributed by atoms with Crippen molar-refractivity contribution in [2.45, 2.75) is 322 Å². The highest BCUT2D eigenvalue weighted by Crippen LogP contribution is 2.16. The minimum absolute atomic E-state index is 0.0887. The normalized spacial score (nSPS) is 12.2. The Bertz CT molecular complexity index is 974. The van der Waals surface area contributed by atoms with E-state index in [4.69, 9.17) is 14.2 Å². The molecule has 0 aromatic carbocycles. The number of ether oxygens (including phenoxy) is 3. The Kier molecular flexibility index (Phi) is 54.3. The van der Waals surface area contributed by atoms with Crippen molar-refractivity contribution in [3.8, 4) is 0 Å². The molecule has 0 saturated carbocycles. The summed E-state index contributed by atoms with van der Waals surface area (Å²) in [4.78, 5) is 25.5. The molecule has 0 aliphatic rings. The molecule has 0 rings (SSSR count). The highest BCUT2D eigenvalue weighted by atomic mass is 16.6. The molecule has 0 heterocycles. The van der Waals surface area contributed by atoms with Crippen LogP contribution in [0.25, 0.3) is 0 Å². The third-order valence-corrected chi connectivity index (χ3v) is 13.0. The number of unbranched alkanes of at least 4 members (excludes halogenated alkanes) is 39. The Hall–Kier alpha value is -1.62. The molecule has 378 valence electrons. The summed E-state index contributed by atoms with van der Waals surface area (Å²) in [6, 6.07) is 0. The van der Waals surface area contributed by atoms with E-state index in [9.17, 15) is 9.59 Å². The first-order valence-electron chi connectivity index (χ1n) is 28.9.